The van der Waals surface area contributed by atoms with Crippen molar-refractivity contribution in [3.05, 3.63) is 35.7 Å². The fourth-order valence-electron chi connectivity index (χ4n) is 1.88. The first-order valence-electron chi connectivity index (χ1n) is 5.78. The average Bonchev–Trinajstić information content (AvgIpc) is 2.66. The predicted octanol–water partition coefficient (Wildman–Crippen LogP) is 1.84. The number of methoxy groups -OCH3 is 1. The molecule has 0 unspecified atom stereocenters. The van der Waals surface area contributed by atoms with Gasteiger partial charge in [-0.3, -0.25) is 4.68 Å². The van der Waals surface area contributed by atoms with Crippen molar-refractivity contribution in [2.45, 2.75) is 6.92 Å². The molecule has 0 aliphatic carbocycles. The van der Waals surface area contributed by atoms with Crippen molar-refractivity contribution < 1.29 is 9.53 Å². The van der Waals surface area contributed by atoms with E-state index < -0.39 is 5.97 Å². The van der Waals surface area contributed by atoms with Crippen LogP contribution in [0, 0.1) is 6.92 Å². The third kappa shape index (κ3) is 2.37. The number of hydrogen-bond acceptors (Lipinski definition) is 5. The second-order valence-corrected chi connectivity index (χ2v) is 4.14. The SMILES string of the molecule is COC(=O)c1c(Nc2ccccc2N)c(C)nn1C. The molecule has 1 aromatic heterocycles. The lowest BCUT2D eigenvalue weighted by Crippen LogP contribution is -2.10. The van der Waals surface area contributed by atoms with E-state index in [4.69, 9.17) is 10.5 Å². The summed E-state index contributed by atoms with van der Waals surface area (Å²) in [4.78, 5) is 11.8. The van der Waals surface area contributed by atoms with Crippen LogP contribution in [0.5, 0.6) is 0 Å². The van der Waals surface area contributed by atoms with Gasteiger partial charge >= 0.3 is 5.97 Å². The number of para-hydroxylation sites is 2. The van der Waals surface area contributed by atoms with Gasteiger partial charge in [-0.05, 0) is 19.1 Å². The van der Waals surface area contributed by atoms with Crippen molar-refractivity contribution in [2.24, 2.45) is 7.05 Å². The van der Waals surface area contributed by atoms with Crippen molar-refractivity contribution in [1.82, 2.24) is 9.78 Å². The van der Waals surface area contributed by atoms with Crippen LogP contribution in [0.15, 0.2) is 24.3 Å². The number of aromatic nitrogens is 2. The summed E-state index contributed by atoms with van der Waals surface area (Å²) >= 11 is 0. The molecular formula is C13H16N4O2. The molecule has 0 saturated carbocycles. The Bertz CT molecular complexity index is 619. The molecule has 2 rings (SSSR count). The molecule has 19 heavy (non-hydrogen) atoms. The first-order chi connectivity index (χ1) is 9.04. The molecule has 0 fully saturated rings. The number of carbonyl (C=O) groups is 1. The number of nitrogen functional groups attached to an aromatic ring is 1. The minimum atomic E-state index is -0.444. The molecule has 0 radical (unpaired) electrons. The second kappa shape index (κ2) is 5.01. The summed E-state index contributed by atoms with van der Waals surface area (Å²) in [5.74, 6) is -0.444. The van der Waals surface area contributed by atoms with Gasteiger partial charge in [0.2, 0.25) is 0 Å². The van der Waals surface area contributed by atoms with Crippen molar-refractivity contribution in [3.63, 3.8) is 0 Å². The largest absolute Gasteiger partial charge is 0.464 e. The molecule has 0 atom stereocenters. The van der Waals surface area contributed by atoms with Gasteiger partial charge in [0.1, 0.15) is 0 Å². The fraction of sp³-hybridized carbons (Fsp3) is 0.231. The van der Waals surface area contributed by atoms with E-state index in [0.717, 1.165) is 5.69 Å². The van der Waals surface area contributed by atoms with E-state index in [9.17, 15) is 4.79 Å². The van der Waals surface area contributed by atoms with Crippen LogP contribution in [0.1, 0.15) is 16.2 Å². The first-order valence-corrected chi connectivity index (χ1v) is 5.78. The quantitative estimate of drug-likeness (QED) is 0.650. The monoisotopic (exact) mass is 260 g/mol. The molecule has 0 saturated heterocycles. The Hall–Kier alpha value is -2.50. The molecule has 0 amide bonds. The minimum absolute atomic E-state index is 0.364. The summed E-state index contributed by atoms with van der Waals surface area (Å²) in [7, 11) is 3.03. The zero-order valence-corrected chi connectivity index (χ0v) is 11.1. The zero-order valence-electron chi connectivity index (χ0n) is 11.1. The van der Waals surface area contributed by atoms with Crippen LogP contribution >= 0.6 is 0 Å². The molecule has 0 aliphatic rings. The molecular weight excluding hydrogens is 244 g/mol. The Morgan fingerprint density at radius 2 is 2.11 bits per heavy atom. The summed E-state index contributed by atoms with van der Waals surface area (Å²) in [5.41, 5.74) is 8.87. The van der Waals surface area contributed by atoms with Gasteiger partial charge in [-0.1, -0.05) is 12.1 Å². The molecule has 6 nitrogen and oxygen atoms in total. The maximum absolute atomic E-state index is 11.8. The van der Waals surface area contributed by atoms with Gasteiger partial charge in [-0.2, -0.15) is 5.10 Å². The first kappa shape index (κ1) is 12.9. The van der Waals surface area contributed by atoms with Crippen molar-refractivity contribution in [3.8, 4) is 0 Å². The van der Waals surface area contributed by atoms with E-state index >= 15 is 0 Å². The molecule has 0 spiro atoms. The number of esters is 1. The Balaban J connectivity index is 2.46. The highest BCUT2D eigenvalue weighted by Crippen LogP contribution is 2.27. The van der Waals surface area contributed by atoms with Gasteiger partial charge in [0.05, 0.1) is 29.9 Å². The van der Waals surface area contributed by atoms with Gasteiger partial charge in [-0.25, -0.2) is 4.79 Å². The Morgan fingerprint density at radius 1 is 1.42 bits per heavy atom. The number of nitrogens with two attached hydrogens (primary N) is 1. The molecule has 0 bridgehead atoms. The zero-order chi connectivity index (χ0) is 14.0. The van der Waals surface area contributed by atoms with E-state index in [-0.39, 0.29) is 0 Å². The van der Waals surface area contributed by atoms with Crippen LogP contribution in [0.4, 0.5) is 17.1 Å². The maximum Gasteiger partial charge on any atom is 0.358 e. The Morgan fingerprint density at radius 3 is 2.74 bits per heavy atom. The minimum Gasteiger partial charge on any atom is -0.464 e. The van der Waals surface area contributed by atoms with Crippen LogP contribution in [-0.2, 0) is 11.8 Å². The van der Waals surface area contributed by atoms with E-state index in [1.807, 2.05) is 25.1 Å². The Kier molecular flexibility index (Phi) is 3.41. The number of nitrogens with zero attached hydrogens (tertiary/aromatic N) is 2. The molecule has 2 aromatic rings. The fourth-order valence-corrected chi connectivity index (χ4v) is 1.88. The van der Waals surface area contributed by atoms with E-state index in [1.165, 1.54) is 11.8 Å². The van der Waals surface area contributed by atoms with E-state index in [0.29, 0.717) is 22.8 Å². The van der Waals surface area contributed by atoms with Crippen LogP contribution in [0.25, 0.3) is 0 Å². The Labute approximate surface area is 111 Å². The molecule has 1 aromatic carbocycles. The van der Waals surface area contributed by atoms with Gasteiger partial charge < -0.3 is 15.8 Å². The van der Waals surface area contributed by atoms with Crippen molar-refractivity contribution >= 4 is 23.0 Å². The highest BCUT2D eigenvalue weighted by Gasteiger charge is 2.21. The summed E-state index contributed by atoms with van der Waals surface area (Å²) in [5, 5.41) is 7.35. The van der Waals surface area contributed by atoms with Gasteiger partial charge in [0, 0.05) is 7.05 Å². The summed E-state index contributed by atoms with van der Waals surface area (Å²) in [6.45, 7) is 1.81. The smallest absolute Gasteiger partial charge is 0.358 e. The maximum atomic E-state index is 11.8. The van der Waals surface area contributed by atoms with Gasteiger partial charge in [-0.15, -0.1) is 0 Å². The van der Waals surface area contributed by atoms with Crippen LogP contribution in [-0.4, -0.2) is 22.9 Å². The van der Waals surface area contributed by atoms with Gasteiger partial charge in [0.25, 0.3) is 0 Å². The number of rotatable bonds is 3. The number of carbonyl (C=O) groups excluding carboxylic acids is 1. The third-order valence-corrected chi connectivity index (χ3v) is 2.82. The lowest BCUT2D eigenvalue weighted by Gasteiger charge is -2.10. The highest BCUT2D eigenvalue weighted by atomic mass is 16.5. The number of anilines is 3. The average molecular weight is 260 g/mol. The number of benzene rings is 1. The number of aryl methyl sites for hydroxylation is 2. The van der Waals surface area contributed by atoms with E-state index in [1.54, 1.807) is 13.1 Å². The van der Waals surface area contributed by atoms with E-state index in [2.05, 4.69) is 10.4 Å². The standard InChI is InChI=1S/C13H16N4O2/c1-8-11(12(13(18)19-3)17(2)16-8)15-10-7-5-4-6-9(10)14/h4-7,15H,14H2,1-3H3. The predicted molar refractivity (Wildman–Crippen MR) is 73.4 cm³/mol. The number of nitrogens with one attached hydrogen (secondary N) is 1. The summed E-state index contributed by atoms with van der Waals surface area (Å²) in [6, 6.07) is 7.33. The molecule has 1 heterocycles. The molecule has 100 valence electrons. The normalized spacial score (nSPS) is 10.3. The lowest BCUT2D eigenvalue weighted by molar-refractivity contribution is 0.0589. The summed E-state index contributed by atoms with van der Waals surface area (Å²) < 4.78 is 6.26. The van der Waals surface area contributed by atoms with Crippen molar-refractivity contribution in [2.75, 3.05) is 18.2 Å². The summed E-state index contributed by atoms with van der Waals surface area (Å²) in [6.07, 6.45) is 0. The second-order valence-electron chi connectivity index (χ2n) is 4.14. The van der Waals surface area contributed by atoms with Crippen LogP contribution in [0.2, 0.25) is 0 Å². The highest BCUT2D eigenvalue weighted by molar-refractivity contribution is 5.96. The lowest BCUT2D eigenvalue weighted by atomic mass is 10.2. The van der Waals surface area contributed by atoms with Crippen molar-refractivity contribution in [1.29, 1.82) is 0 Å². The number of ether oxygens (including phenoxy) is 1. The number of hydrogen-bond donors (Lipinski definition) is 2. The third-order valence-electron chi connectivity index (χ3n) is 2.82. The molecule has 6 heteroatoms. The topological polar surface area (TPSA) is 82.2 Å². The molecule has 0 aliphatic heterocycles. The van der Waals surface area contributed by atoms with Crippen LogP contribution in [0.3, 0.4) is 0 Å². The van der Waals surface area contributed by atoms with Crippen LogP contribution < -0.4 is 11.1 Å². The molecule has 3 N–H and O–H groups in total. The van der Waals surface area contributed by atoms with Gasteiger partial charge in [0.15, 0.2) is 5.69 Å².